The van der Waals surface area contributed by atoms with Crippen LogP contribution in [0.4, 0.5) is 0 Å². The average Bonchev–Trinajstić information content (AvgIpc) is 3.98. The van der Waals surface area contributed by atoms with E-state index in [1.54, 1.807) is 0 Å². The number of halogens is 1. The van der Waals surface area contributed by atoms with E-state index in [2.05, 4.69) is 120 Å². The van der Waals surface area contributed by atoms with Crippen LogP contribution in [-0.4, -0.2) is 19.8 Å². The van der Waals surface area contributed by atoms with Crippen LogP contribution in [0.3, 0.4) is 0 Å². The molecule has 4 nitrogen and oxygen atoms in total. The minimum absolute atomic E-state index is 0.168. The molecule has 1 atom stereocenters. The third-order valence-corrected chi connectivity index (χ3v) is 14.3. The molecular weight excluding hydrogens is 734 g/mol. The van der Waals surface area contributed by atoms with Crippen molar-refractivity contribution in [3.05, 3.63) is 156 Å². The third-order valence-electron chi connectivity index (χ3n) is 11.6. The second-order valence-electron chi connectivity index (χ2n) is 14.5. The molecule has 1 unspecified atom stereocenters. The second-order valence-corrected chi connectivity index (χ2v) is 17.2. The summed E-state index contributed by atoms with van der Waals surface area (Å²) in [6.45, 7) is 0. The van der Waals surface area contributed by atoms with Gasteiger partial charge in [0.25, 0.3) is 0 Å². The number of aromatic nitrogens is 3. The second kappa shape index (κ2) is 11.1. The van der Waals surface area contributed by atoms with E-state index in [9.17, 15) is 0 Å². The minimum Gasteiger partial charge on any atom is -0.436 e. The molecule has 0 spiro atoms. The van der Waals surface area contributed by atoms with Crippen LogP contribution in [0.1, 0.15) is 17.7 Å². The maximum Gasteiger partial charge on any atom is 0.247 e. The van der Waals surface area contributed by atoms with Gasteiger partial charge in [0.05, 0.1) is 15.7 Å². The molecule has 0 radical (unpaired) electrons. The van der Waals surface area contributed by atoms with E-state index in [0.29, 0.717) is 16.6 Å². The predicted octanol–water partition coefficient (Wildman–Crippen LogP) is 14.1. The number of rotatable bonds is 2. The third kappa shape index (κ3) is 4.14. The van der Waals surface area contributed by atoms with Crippen LogP contribution in [0.25, 0.3) is 103 Å². The molecule has 1 aliphatic heterocycles. The van der Waals surface area contributed by atoms with Crippen molar-refractivity contribution in [2.24, 2.45) is 0 Å². The monoisotopic (exact) mass is 759 g/mol. The number of hydrogen-bond acceptors (Lipinski definition) is 5. The number of thiophene rings is 1. The lowest BCUT2D eigenvalue weighted by molar-refractivity contribution is 0.653. The van der Waals surface area contributed by atoms with Crippen LogP contribution < -0.4 is 0 Å². The van der Waals surface area contributed by atoms with Crippen molar-refractivity contribution in [3.8, 4) is 0 Å². The molecule has 0 bridgehead atoms. The molecule has 0 N–H and O–H groups in total. The van der Waals surface area contributed by atoms with E-state index in [1.807, 2.05) is 47.4 Å². The molecule has 258 valence electrons. The van der Waals surface area contributed by atoms with Crippen molar-refractivity contribution in [1.82, 2.24) is 14.5 Å². The van der Waals surface area contributed by atoms with Crippen molar-refractivity contribution >= 4 is 137 Å². The average molecular weight is 760 g/mol. The lowest BCUT2D eigenvalue weighted by Crippen LogP contribution is -2.13. The Morgan fingerprint density at radius 2 is 1.40 bits per heavy atom. The van der Waals surface area contributed by atoms with Crippen LogP contribution in [0.5, 0.6) is 0 Å². The van der Waals surface area contributed by atoms with Crippen LogP contribution in [0.15, 0.2) is 149 Å². The number of para-hydroxylation sites is 2. The number of thioether (sulfide) groups is 1. The molecule has 0 saturated carbocycles. The number of allylic oxidation sites excluding steroid dienone is 3. The van der Waals surface area contributed by atoms with Gasteiger partial charge in [0.2, 0.25) is 5.71 Å². The van der Waals surface area contributed by atoms with Gasteiger partial charge in [-0.1, -0.05) is 109 Å². The lowest BCUT2D eigenvalue weighted by Gasteiger charge is -2.25. The Balaban J connectivity index is 1.17. The standard InChI is InChI=1S/C48H26ClN3OS2/c49-47-43(50-44-31-16-6-9-19-36(31)53-48(44)51-47)34-23-27(24-39-40(34)32-17-7-10-20-37(32)54-39)52-35-18-8-5-15-30(35)41-28-13-3-4-14-29(28)42-33-21-25-11-1-2-12-26(25)22-38(33)55-46(42)45(41)52/h1-23,39H,24H2. The number of hydrogen-bond donors (Lipinski definition) is 0. The zero-order valence-corrected chi connectivity index (χ0v) is 31.4. The van der Waals surface area contributed by atoms with Gasteiger partial charge in [0, 0.05) is 59.5 Å². The smallest absolute Gasteiger partial charge is 0.247 e. The summed E-state index contributed by atoms with van der Waals surface area (Å²) in [5.41, 5.74) is 9.78. The summed E-state index contributed by atoms with van der Waals surface area (Å²) >= 11 is 11.0. The summed E-state index contributed by atoms with van der Waals surface area (Å²) in [4.78, 5) is 11.4. The first kappa shape index (κ1) is 30.4. The minimum atomic E-state index is 0.168. The van der Waals surface area contributed by atoms with Gasteiger partial charge in [-0.3, -0.25) is 0 Å². The molecule has 0 saturated heterocycles. The summed E-state index contributed by atoms with van der Waals surface area (Å²) in [5, 5.41) is 11.7. The summed E-state index contributed by atoms with van der Waals surface area (Å²) in [5.74, 6) is 0. The number of furan rings is 1. The lowest BCUT2D eigenvalue weighted by atomic mass is 9.88. The van der Waals surface area contributed by atoms with E-state index in [1.165, 1.54) is 85.3 Å². The zero-order valence-electron chi connectivity index (χ0n) is 29.0. The Bertz CT molecular complexity index is 3590. The Hall–Kier alpha value is -5.92. The Morgan fingerprint density at radius 1 is 0.691 bits per heavy atom. The highest BCUT2D eigenvalue weighted by Crippen LogP contribution is 2.56. The summed E-state index contributed by atoms with van der Waals surface area (Å²) in [6.07, 6.45) is 3.20. The molecule has 0 amide bonds. The number of nitrogens with zero attached hydrogens (tertiary/aromatic N) is 3. The van der Waals surface area contributed by atoms with Gasteiger partial charge in [-0.05, 0) is 75.2 Å². The number of fused-ring (bicyclic) bond motifs is 17. The maximum atomic E-state index is 7.17. The van der Waals surface area contributed by atoms with Crippen molar-refractivity contribution in [3.63, 3.8) is 0 Å². The molecule has 11 aromatic rings. The molecule has 1 aliphatic carbocycles. The van der Waals surface area contributed by atoms with Gasteiger partial charge in [0.15, 0.2) is 5.15 Å². The van der Waals surface area contributed by atoms with Gasteiger partial charge in [-0.2, -0.15) is 4.98 Å². The number of benzene rings is 7. The predicted molar refractivity (Wildman–Crippen MR) is 233 cm³/mol. The maximum absolute atomic E-state index is 7.17. The molecule has 7 heteroatoms. The summed E-state index contributed by atoms with van der Waals surface area (Å²) in [6, 6.07) is 48.1. The Morgan fingerprint density at radius 3 is 2.27 bits per heavy atom. The van der Waals surface area contributed by atoms with Crippen molar-refractivity contribution in [1.29, 1.82) is 0 Å². The molecule has 13 rings (SSSR count). The van der Waals surface area contributed by atoms with E-state index in [-0.39, 0.29) is 5.25 Å². The molecular formula is C48H26ClN3OS2. The van der Waals surface area contributed by atoms with Gasteiger partial charge in [0.1, 0.15) is 16.8 Å². The Labute approximate surface area is 327 Å². The fourth-order valence-corrected chi connectivity index (χ4v) is 12.2. The van der Waals surface area contributed by atoms with Crippen LogP contribution in [0.2, 0.25) is 5.15 Å². The van der Waals surface area contributed by atoms with Crippen molar-refractivity contribution < 1.29 is 4.42 Å². The van der Waals surface area contributed by atoms with E-state index in [0.717, 1.165) is 28.5 Å². The van der Waals surface area contributed by atoms with E-state index in [4.69, 9.17) is 26.0 Å². The van der Waals surface area contributed by atoms with Crippen molar-refractivity contribution in [2.75, 3.05) is 0 Å². The van der Waals surface area contributed by atoms with Crippen molar-refractivity contribution in [2.45, 2.75) is 16.6 Å². The molecule has 0 fully saturated rings. The largest absolute Gasteiger partial charge is 0.436 e. The van der Waals surface area contributed by atoms with Gasteiger partial charge in [-0.25, -0.2) is 4.98 Å². The topological polar surface area (TPSA) is 43.9 Å². The molecule has 5 heterocycles. The van der Waals surface area contributed by atoms with Crippen LogP contribution >= 0.6 is 34.7 Å². The molecule has 55 heavy (non-hydrogen) atoms. The van der Waals surface area contributed by atoms with Gasteiger partial charge < -0.3 is 8.98 Å². The quantitative estimate of drug-likeness (QED) is 0.176. The first-order valence-corrected chi connectivity index (χ1v) is 20.5. The van der Waals surface area contributed by atoms with Gasteiger partial charge >= 0.3 is 0 Å². The SMILES string of the molecule is Clc1nc2oc3ccccc3c2nc1C1=C2c3ccccc3SC2CC(n2c3ccccc3c3c4ccccc4c4c5cc6ccccc6cc5sc4c32)=C1. The molecule has 4 aromatic heterocycles. The Kier molecular flexibility index (Phi) is 6.13. The normalized spacial score (nSPS) is 15.8. The highest BCUT2D eigenvalue weighted by Gasteiger charge is 2.36. The highest BCUT2D eigenvalue weighted by atomic mass is 35.5. The fraction of sp³-hybridized carbons (Fsp3) is 0.0417. The van der Waals surface area contributed by atoms with Crippen LogP contribution in [0, 0.1) is 0 Å². The highest BCUT2D eigenvalue weighted by molar-refractivity contribution is 8.01. The first-order chi connectivity index (χ1) is 27.2. The van der Waals surface area contributed by atoms with E-state index >= 15 is 0 Å². The summed E-state index contributed by atoms with van der Waals surface area (Å²) < 4.78 is 11.3. The zero-order chi connectivity index (χ0) is 35.9. The first-order valence-electron chi connectivity index (χ1n) is 18.4. The molecule has 7 aromatic carbocycles. The fourth-order valence-electron chi connectivity index (χ4n) is 9.32. The summed E-state index contributed by atoms with van der Waals surface area (Å²) in [7, 11) is 0. The van der Waals surface area contributed by atoms with E-state index < -0.39 is 0 Å². The molecule has 2 aliphatic rings. The van der Waals surface area contributed by atoms with Gasteiger partial charge in [-0.15, -0.1) is 23.1 Å². The van der Waals surface area contributed by atoms with Crippen LogP contribution in [-0.2, 0) is 0 Å².